The first-order valence-corrected chi connectivity index (χ1v) is 9.32. The Balaban J connectivity index is 1.81. The van der Waals surface area contributed by atoms with Crippen molar-refractivity contribution in [3.8, 4) is 0 Å². The first-order valence-electron chi connectivity index (χ1n) is 8.28. The monoisotopic (exact) mass is 347 g/mol. The van der Waals surface area contributed by atoms with Crippen molar-refractivity contribution >= 4 is 34.5 Å². The van der Waals surface area contributed by atoms with Gasteiger partial charge in [-0.25, -0.2) is 9.59 Å². The molecule has 1 saturated carbocycles. The van der Waals surface area contributed by atoms with Gasteiger partial charge in [-0.3, -0.25) is 5.32 Å². The van der Waals surface area contributed by atoms with Gasteiger partial charge in [-0.15, -0.1) is 0 Å². The van der Waals surface area contributed by atoms with E-state index in [4.69, 9.17) is 9.15 Å². The molecule has 0 bridgehead atoms. The summed E-state index contributed by atoms with van der Waals surface area (Å²) in [6, 6.07) is 6.91. The van der Waals surface area contributed by atoms with Gasteiger partial charge < -0.3 is 9.15 Å². The molecule has 6 heteroatoms. The van der Waals surface area contributed by atoms with Gasteiger partial charge in [0, 0.05) is 34.2 Å². The fourth-order valence-electron chi connectivity index (χ4n) is 2.97. The molecule has 1 aromatic heterocycles. The summed E-state index contributed by atoms with van der Waals surface area (Å²) in [4.78, 5) is 23.4. The number of rotatable bonds is 5. The molecule has 1 N–H and O–H groups in total. The minimum absolute atomic E-state index is 0.303. The first-order chi connectivity index (χ1) is 11.7. The Morgan fingerprint density at radius 1 is 1.33 bits per heavy atom. The number of amides is 1. The molecule has 128 valence electrons. The second-order valence-electron chi connectivity index (χ2n) is 5.86. The molecule has 3 rings (SSSR count). The molecule has 1 heterocycles. The second kappa shape index (κ2) is 7.75. The highest BCUT2D eigenvalue weighted by Crippen LogP contribution is 2.33. The van der Waals surface area contributed by atoms with Gasteiger partial charge in [0.2, 0.25) is 0 Å². The third kappa shape index (κ3) is 4.12. The molecule has 1 amide bonds. The predicted molar refractivity (Wildman–Crippen MR) is 96.7 cm³/mol. The van der Waals surface area contributed by atoms with Crippen LogP contribution in [0.5, 0.6) is 0 Å². The van der Waals surface area contributed by atoms with Gasteiger partial charge in [0.05, 0.1) is 6.61 Å². The number of ether oxygens (including phenoxy) is 1. The fraction of sp³-hybridized carbons (Fsp3) is 0.444. The average molecular weight is 347 g/mol. The van der Waals surface area contributed by atoms with Crippen LogP contribution in [0, 0.1) is 0 Å². The van der Waals surface area contributed by atoms with Gasteiger partial charge >= 0.3 is 11.7 Å². The van der Waals surface area contributed by atoms with E-state index >= 15 is 0 Å². The predicted octanol–water partition coefficient (Wildman–Crippen LogP) is 4.54. The van der Waals surface area contributed by atoms with Crippen LogP contribution in [0.3, 0.4) is 0 Å². The lowest BCUT2D eigenvalue weighted by Gasteiger charge is -2.11. The average Bonchev–Trinajstić information content (AvgIpc) is 3.05. The molecule has 24 heavy (non-hydrogen) atoms. The van der Waals surface area contributed by atoms with Gasteiger partial charge in [0.25, 0.3) is 0 Å². The summed E-state index contributed by atoms with van der Waals surface area (Å²) in [6.07, 6.45) is 4.61. The summed E-state index contributed by atoms with van der Waals surface area (Å²) >= 11 is 1.91. The van der Waals surface area contributed by atoms with Crippen molar-refractivity contribution in [1.29, 1.82) is 0 Å². The van der Waals surface area contributed by atoms with E-state index in [1.54, 1.807) is 25.1 Å². The number of hydrogen-bond donors (Lipinski definition) is 1. The number of fused-ring (bicyclic) bond motifs is 1. The van der Waals surface area contributed by atoms with E-state index in [0.717, 1.165) is 16.7 Å². The van der Waals surface area contributed by atoms with E-state index < -0.39 is 6.09 Å². The summed E-state index contributed by atoms with van der Waals surface area (Å²) in [5.41, 5.74) is 1.65. The first kappa shape index (κ1) is 16.9. The van der Waals surface area contributed by atoms with Crippen molar-refractivity contribution < 1.29 is 13.9 Å². The van der Waals surface area contributed by atoms with E-state index in [1.807, 2.05) is 17.8 Å². The van der Waals surface area contributed by atoms with Crippen molar-refractivity contribution in [3.63, 3.8) is 0 Å². The molecule has 1 aliphatic carbocycles. The third-order valence-electron chi connectivity index (χ3n) is 4.13. The minimum atomic E-state index is -0.521. The number of carbonyl (C=O) groups excluding carboxylic acids is 1. The van der Waals surface area contributed by atoms with E-state index in [1.165, 1.54) is 25.7 Å². The standard InChI is InChI=1S/C18H21NO4S/c1-2-22-18(21)19-13-7-8-15-12(9-17(20)23-16(15)10-13)11-24-14-5-3-4-6-14/h7-10,14H,2-6,11H2,1H3,(H,19,21). The maximum atomic E-state index is 11.8. The largest absolute Gasteiger partial charge is 0.450 e. The smallest absolute Gasteiger partial charge is 0.411 e. The maximum Gasteiger partial charge on any atom is 0.411 e. The van der Waals surface area contributed by atoms with Crippen LogP contribution >= 0.6 is 11.8 Å². The summed E-state index contributed by atoms with van der Waals surface area (Å²) in [5, 5.41) is 4.23. The van der Waals surface area contributed by atoms with Crippen molar-refractivity contribution in [1.82, 2.24) is 0 Å². The van der Waals surface area contributed by atoms with Crippen LogP contribution in [0.15, 0.2) is 33.5 Å². The lowest BCUT2D eigenvalue weighted by atomic mass is 10.1. The number of anilines is 1. The van der Waals surface area contributed by atoms with E-state index in [2.05, 4.69) is 5.32 Å². The molecule has 1 aromatic carbocycles. The minimum Gasteiger partial charge on any atom is -0.450 e. The van der Waals surface area contributed by atoms with Crippen molar-refractivity contribution in [2.75, 3.05) is 11.9 Å². The zero-order valence-electron chi connectivity index (χ0n) is 13.7. The van der Waals surface area contributed by atoms with E-state index in [9.17, 15) is 9.59 Å². The lowest BCUT2D eigenvalue weighted by molar-refractivity contribution is 0.168. The number of carbonyl (C=O) groups is 1. The molecule has 0 atom stereocenters. The highest BCUT2D eigenvalue weighted by molar-refractivity contribution is 7.99. The topological polar surface area (TPSA) is 68.5 Å². The molecule has 5 nitrogen and oxygen atoms in total. The number of benzene rings is 1. The van der Waals surface area contributed by atoms with Gasteiger partial charge in [-0.05, 0) is 37.5 Å². The molecule has 1 aliphatic rings. The van der Waals surface area contributed by atoms with Crippen molar-refractivity contribution in [2.45, 2.75) is 43.6 Å². The second-order valence-corrected chi connectivity index (χ2v) is 7.15. The zero-order chi connectivity index (χ0) is 16.9. The molecule has 0 radical (unpaired) electrons. The molecule has 0 aliphatic heterocycles. The Hall–Kier alpha value is -1.95. The highest BCUT2D eigenvalue weighted by Gasteiger charge is 2.16. The van der Waals surface area contributed by atoms with Crippen LogP contribution < -0.4 is 10.9 Å². The van der Waals surface area contributed by atoms with Crippen LogP contribution in [0.1, 0.15) is 38.2 Å². The SMILES string of the molecule is CCOC(=O)Nc1ccc2c(CSC3CCCC3)cc(=O)oc2c1. The molecule has 1 fully saturated rings. The Bertz CT molecular complexity index is 780. The van der Waals surface area contributed by atoms with E-state index in [-0.39, 0.29) is 5.63 Å². The molecule has 0 spiro atoms. The third-order valence-corrected chi connectivity index (χ3v) is 5.55. The molecule has 0 saturated heterocycles. The fourth-order valence-corrected chi connectivity index (χ4v) is 4.30. The van der Waals surface area contributed by atoms with Gasteiger partial charge in [0.15, 0.2) is 0 Å². The maximum absolute atomic E-state index is 11.8. The molecular weight excluding hydrogens is 326 g/mol. The summed E-state index contributed by atoms with van der Waals surface area (Å²) in [5.74, 6) is 0.803. The Morgan fingerprint density at radius 3 is 2.88 bits per heavy atom. The Morgan fingerprint density at radius 2 is 2.12 bits per heavy atom. The van der Waals surface area contributed by atoms with Gasteiger partial charge in [-0.2, -0.15) is 11.8 Å². The number of hydrogen-bond acceptors (Lipinski definition) is 5. The van der Waals surface area contributed by atoms with Crippen LogP contribution in [0.25, 0.3) is 11.0 Å². The van der Waals surface area contributed by atoms with Crippen molar-refractivity contribution in [2.24, 2.45) is 0 Å². The van der Waals surface area contributed by atoms with Crippen LogP contribution in [-0.4, -0.2) is 18.0 Å². The van der Waals surface area contributed by atoms with Crippen molar-refractivity contribution in [3.05, 3.63) is 40.2 Å². The highest BCUT2D eigenvalue weighted by atomic mass is 32.2. The molecular formula is C18H21NO4S. The molecule has 2 aromatic rings. The summed E-state index contributed by atoms with van der Waals surface area (Å²) < 4.78 is 10.2. The Labute approximate surface area is 144 Å². The normalized spacial score (nSPS) is 14.9. The summed E-state index contributed by atoms with van der Waals surface area (Å²) in [6.45, 7) is 2.05. The van der Waals surface area contributed by atoms with Crippen LogP contribution in [-0.2, 0) is 10.5 Å². The zero-order valence-corrected chi connectivity index (χ0v) is 14.5. The number of thioether (sulfide) groups is 1. The lowest BCUT2D eigenvalue weighted by Crippen LogP contribution is -2.13. The number of nitrogens with one attached hydrogen (secondary N) is 1. The van der Waals surface area contributed by atoms with Crippen LogP contribution in [0.2, 0.25) is 0 Å². The van der Waals surface area contributed by atoms with E-state index in [0.29, 0.717) is 23.1 Å². The van der Waals surface area contributed by atoms with Gasteiger partial charge in [-0.1, -0.05) is 12.8 Å². The Kier molecular flexibility index (Phi) is 5.45. The summed E-state index contributed by atoms with van der Waals surface area (Å²) in [7, 11) is 0. The van der Waals surface area contributed by atoms with Gasteiger partial charge in [0.1, 0.15) is 5.58 Å². The van der Waals surface area contributed by atoms with Crippen LogP contribution in [0.4, 0.5) is 10.5 Å². The molecule has 0 unspecified atom stereocenters. The quantitative estimate of drug-likeness (QED) is 0.804.